The summed E-state index contributed by atoms with van der Waals surface area (Å²) in [5.41, 5.74) is -3.86. The van der Waals surface area contributed by atoms with E-state index in [1.807, 2.05) is 5.92 Å². The van der Waals surface area contributed by atoms with Gasteiger partial charge in [0.25, 0.3) is 0 Å². The van der Waals surface area contributed by atoms with E-state index in [-0.39, 0.29) is 21.2 Å². The minimum absolute atomic E-state index is 0.0699. The first kappa shape index (κ1) is 24.1. The summed E-state index contributed by atoms with van der Waals surface area (Å²) >= 11 is 11.6. The molecule has 0 aliphatic heterocycles. The predicted molar refractivity (Wildman–Crippen MR) is 110 cm³/mol. The summed E-state index contributed by atoms with van der Waals surface area (Å²) in [6.45, 7) is 6.78. The molecule has 8 heteroatoms. The van der Waals surface area contributed by atoms with Gasteiger partial charge in [-0.3, -0.25) is 0 Å². The van der Waals surface area contributed by atoms with Crippen LogP contribution in [-0.4, -0.2) is 22.9 Å². The quantitative estimate of drug-likeness (QED) is 0.439. The summed E-state index contributed by atoms with van der Waals surface area (Å²) in [5.74, 6) is 3.65. The van der Waals surface area contributed by atoms with Crippen molar-refractivity contribution < 1.29 is 27.8 Å². The minimum atomic E-state index is -5.11. The lowest BCUT2D eigenvalue weighted by molar-refractivity contribution is -0.240. The van der Waals surface area contributed by atoms with Crippen LogP contribution >= 0.6 is 23.2 Å². The van der Waals surface area contributed by atoms with Gasteiger partial charge in [0.15, 0.2) is 0 Å². The number of esters is 1. The Bertz CT molecular complexity index is 1010. The van der Waals surface area contributed by atoms with Gasteiger partial charge in [0.05, 0.1) is 5.56 Å². The lowest BCUT2D eigenvalue weighted by Gasteiger charge is -2.26. The van der Waals surface area contributed by atoms with Crippen molar-refractivity contribution in [3.8, 4) is 11.8 Å². The number of halogens is 5. The van der Waals surface area contributed by atoms with Crippen molar-refractivity contribution in [3.05, 3.63) is 68.7 Å². The lowest BCUT2D eigenvalue weighted by atomic mass is 9.93. The fourth-order valence-electron chi connectivity index (χ4n) is 2.54. The van der Waals surface area contributed by atoms with Crippen LogP contribution in [0.25, 0.3) is 0 Å². The van der Waals surface area contributed by atoms with Crippen LogP contribution in [0.4, 0.5) is 13.2 Å². The molecule has 0 saturated carbocycles. The topological polar surface area (TPSA) is 46.5 Å². The van der Waals surface area contributed by atoms with Crippen LogP contribution in [0.1, 0.15) is 47.8 Å². The molecule has 0 unspecified atom stereocenters. The number of aryl methyl sites for hydroxylation is 1. The summed E-state index contributed by atoms with van der Waals surface area (Å²) in [4.78, 5) is 12.2. The molecule has 2 aromatic carbocycles. The van der Waals surface area contributed by atoms with E-state index in [0.29, 0.717) is 5.56 Å². The number of carbonyl (C=O) groups excluding carboxylic acids is 1. The Morgan fingerprint density at radius 3 is 2.07 bits per heavy atom. The Morgan fingerprint density at radius 1 is 1.03 bits per heavy atom. The second-order valence-corrected chi connectivity index (χ2v) is 8.52. The number of carbonyl (C=O) groups is 1. The van der Waals surface area contributed by atoms with Crippen LogP contribution in [0.5, 0.6) is 0 Å². The normalized spacial score (nSPS) is 13.8. The van der Waals surface area contributed by atoms with E-state index in [1.165, 1.54) is 24.3 Å². The van der Waals surface area contributed by atoms with E-state index in [1.54, 1.807) is 27.7 Å². The van der Waals surface area contributed by atoms with E-state index < -0.39 is 28.9 Å². The summed E-state index contributed by atoms with van der Waals surface area (Å²) in [6, 6.07) is 7.37. The summed E-state index contributed by atoms with van der Waals surface area (Å²) in [5, 5.41) is 10.2. The first-order chi connectivity index (χ1) is 13.6. The fraction of sp³-hybridized carbons (Fsp3) is 0.318. The van der Waals surface area contributed by atoms with Crippen molar-refractivity contribution in [2.45, 2.75) is 45.1 Å². The second kappa shape index (κ2) is 8.50. The lowest BCUT2D eigenvalue weighted by Crippen LogP contribution is -2.41. The maximum absolute atomic E-state index is 13.7. The first-order valence-electron chi connectivity index (χ1n) is 8.75. The van der Waals surface area contributed by atoms with Gasteiger partial charge in [-0.1, -0.05) is 29.1 Å². The highest BCUT2D eigenvalue weighted by molar-refractivity contribution is 6.34. The van der Waals surface area contributed by atoms with E-state index in [4.69, 9.17) is 27.9 Å². The van der Waals surface area contributed by atoms with Gasteiger partial charge in [0.1, 0.15) is 5.60 Å². The zero-order valence-electron chi connectivity index (χ0n) is 16.6. The Labute approximate surface area is 182 Å². The van der Waals surface area contributed by atoms with Crippen LogP contribution < -0.4 is 0 Å². The molecule has 0 aliphatic carbocycles. The molecule has 0 heterocycles. The van der Waals surface area contributed by atoms with Gasteiger partial charge in [-0.25, -0.2) is 4.79 Å². The van der Waals surface area contributed by atoms with Crippen LogP contribution in [0.15, 0.2) is 36.4 Å². The molecule has 0 saturated heterocycles. The Hall–Kier alpha value is -2.20. The minimum Gasteiger partial charge on any atom is -0.456 e. The average Bonchev–Trinajstić information content (AvgIpc) is 2.56. The van der Waals surface area contributed by atoms with Crippen LogP contribution in [0.2, 0.25) is 10.0 Å². The molecular formula is C22H19Cl2F3O3. The van der Waals surface area contributed by atoms with E-state index in [2.05, 4.69) is 5.92 Å². The Kier molecular flexibility index (Phi) is 6.82. The van der Waals surface area contributed by atoms with Crippen LogP contribution in [0, 0.1) is 18.8 Å². The molecule has 0 fully saturated rings. The van der Waals surface area contributed by atoms with E-state index >= 15 is 0 Å². The standard InChI is InChI=1S/C22H19Cl2F3O3/c1-13-9-14(5-6-18(13)19(28)30-20(2,3)4)7-8-21(29,22(25,26)27)15-10-16(23)12-17(24)11-15/h5-6,9-12,29H,1-4H3/t21-/m1/s1. The first-order valence-corrected chi connectivity index (χ1v) is 9.51. The SMILES string of the molecule is Cc1cc(C#C[C@@](O)(c2cc(Cl)cc(Cl)c2)C(F)(F)F)ccc1C(=O)OC(C)(C)C. The monoisotopic (exact) mass is 458 g/mol. The van der Waals surface area contributed by atoms with Crippen molar-refractivity contribution in [1.29, 1.82) is 0 Å². The second-order valence-electron chi connectivity index (χ2n) is 7.65. The molecule has 2 aromatic rings. The zero-order chi connectivity index (χ0) is 22.9. The Balaban J connectivity index is 2.46. The van der Waals surface area contributed by atoms with Gasteiger partial charge >= 0.3 is 12.1 Å². The number of hydrogen-bond donors (Lipinski definition) is 1. The molecule has 160 valence electrons. The number of hydrogen-bond acceptors (Lipinski definition) is 3. The summed E-state index contributed by atoms with van der Waals surface area (Å²) < 4.78 is 46.3. The third kappa shape index (κ3) is 5.69. The van der Waals surface area contributed by atoms with E-state index in [0.717, 1.165) is 12.1 Å². The zero-order valence-corrected chi connectivity index (χ0v) is 18.1. The summed E-state index contributed by atoms with van der Waals surface area (Å²) in [6.07, 6.45) is -5.11. The van der Waals surface area contributed by atoms with Gasteiger partial charge in [-0.05, 0) is 75.6 Å². The number of benzene rings is 2. The molecule has 0 radical (unpaired) electrons. The molecule has 0 aromatic heterocycles. The third-order valence-corrected chi connectivity index (χ3v) is 4.36. The average molecular weight is 459 g/mol. The summed E-state index contributed by atoms with van der Waals surface area (Å²) in [7, 11) is 0. The van der Waals surface area contributed by atoms with Gasteiger partial charge in [-0.15, -0.1) is 0 Å². The number of alkyl halides is 3. The van der Waals surface area contributed by atoms with Crippen molar-refractivity contribution >= 4 is 29.2 Å². The van der Waals surface area contributed by atoms with Gasteiger partial charge in [0, 0.05) is 21.2 Å². The maximum Gasteiger partial charge on any atom is 0.433 e. The molecule has 3 nitrogen and oxygen atoms in total. The molecule has 0 amide bonds. The molecule has 0 bridgehead atoms. The number of aliphatic hydroxyl groups is 1. The molecule has 30 heavy (non-hydrogen) atoms. The smallest absolute Gasteiger partial charge is 0.433 e. The van der Waals surface area contributed by atoms with Crippen molar-refractivity contribution in [2.24, 2.45) is 0 Å². The number of rotatable bonds is 2. The molecule has 1 N–H and O–H groups in total. The van der Waals surface area contributed by atoms with Crippen LogP contribution in [0.3, 0.4) is 0 Å². The highest BCUT2D eigenvalue weighted by Gasteiger charge is 2.54. The molecular weight excluding hydrogens is 440 g/mol. The molecule has 2 rings (SSSR count). The van der Waals surface area contributed by atoms with Crippen LogP contribution in [-0.2, 0) is 10.3 Å². The maximum atomic E-state index is 13.7. The van der Waals surface area contributed by atoms with Gasteiger partial charge in [0.2, 0.25) is 5.60 Å². The largest absolute Gasteiger partial charge is 0.456 e. The van der Waals surface area contributed by atoms with Crippen molar-refractivity contribution in [3.63, 3.8) is 0 Å². The fourth-order valence-corrected chi connectivity index (χ4v) is 3.06. The van der Waals surface area contributed by atoms with Crippen molar-refractivity contribution in [1.82, 2.24) is 0 Å². The molecule has 0 aliphatic rings. The predicted octanol–water partition coefficient (Wildman–Crippen LogP) is 6.06. The van der Waals surface area contributed by atoms with E-state index in [9.17, 15) is 23.1 Å². The highest BCUT2D eigenvalue weighted by Crippen LogP contribution is 2.40. The molecule has 0 spiro atoms. The third-order valence-electron chi connectivity index (χ3n) is 3.92. The number of ether oxygens (including phenoxy) is 1. The van der Waals surface area contributed by atoms with Gasteiger partial charge < -0.3 is 9.84 Å². The highest BCUT2D eigenvalue weighted by atomic mass is 35.5. The Morgan fingerprint density at radius 2 is 1.60 bits per heavy atom. The van der Waals surface area contributed by atoms with Gasteiger partial charge in [-0.2, -0.15) is 13.2 Å². The molecule has 1 atom stereocenters. The van der Waals surface area contributed by atoms with Crippen molar-refractivity contribution in [2.75, 3.05) is 0 Å².